The third-order valence-corrected chi connectivity index (χ3v) is 6.40. The fourth-order valence-corrected chi connectivity index (χ4v) is 4.51. The lowest BCUT2D eigenvalue weighted by atomic mass is 9.98. The monoisotopic (exact) mass is 435 g/mol. The number of piperidine rings is 1. The summed E-state index contributed by atoms with van der Waals surface area (Å²) in [5, 5.41) is 0. The average Bonchev–Trinajstić information content (AvgIpc) is 3.37. The van der Waals surface area contributed by atoms with E-state index in [1.807, 2.05) is 77.3 Å². The van der Waals surface area contributed by atoms with Crippen LogP contribution in [0.3, 0.4) is 0 Å². The van der Waals surface area contributed by atoms with E-state index in [-0.39, 0.29) is 17.7 Å². The minimum absolute atomic E-state index is 0.0817. The van der Waals surface area contributed by atoms with Crippen LogP contribution >= 0.6 is 0 Å². The number of carbonyl (C=O) groups excluding carboxylic acids is 2. The van der Waals surface area contributed by atoms with E-state index in [9.17, 15) is 9.59 Å². The highest BCUT2D eigenvalue weighted by Gasteiger charge is 2.25. The largest absolute Gasteiger partial charge is 0.493 e. The third-order valence-electron chi connectivity index (χ3n) is 6.40. The summed E-state index contributed by atoms with van der Waals surface area (Å²) in [4.78, 5) is 31.5. The first-order valence-electron chi connectivity index (χ1n) is 11.6. The van der Waals surface area contributed by atoms with Gasteiger partial charge in [0.1, 0.15) is 5.75 Å². The summed E-state index contributed by atoms with van der Waals surface area (Å²) in [5.41, 5.74) is 2.49. The van der Waals surface area contributed by atoms with Gasteiger partial charge in [0, 0.05) is 63.0 Å². The van der Waals surface area contributed by atoms with Gasteiger partial charge in [0.25, 0.3) is 11.8 Å². The number of amides is 2. The Hall–Kier alpha value is -3.02. The number of likely N-dealkylation sites (tertiary alicyclic amines) is 2. The molecular weight excluding hydrogens is 402 g/mol. The molecule has 2 amide bonds. The van der Waals surface area contributed by atoms with Gasteiger partial charge in [-0.2, -0.15) is 0 Å². The molecule has 2 aliphatic rings. The molecule has 2 heterocycles. The predicted molar refractivity (Wildman–Crippen MR) is 126 cm³/mol. The Morgan fingerprint density at radius 3 is 2.31 bits per heavy atom. The van der Waals surface area contributed by atoms with E-state index in [0.717, 1.165) is 62.3 Å². The maximum Gasteiger partial charge on any atom is 0.253 e. The molecule has 4 rings (SSSR count). The van der Waals surface area contributed by atoms with Gasteiger partial charge in [-0.1, -0.05) is 6.07 Å². The maximum absolute atomic E-state index is 13.0. The Balaban J connectivity index is 1.33. The average molecular weight is 436 g/mol. The molecular formula is C26H33N3O3. The zero-order valence-electron chi connectivity index (χ0n) is 19.1. The zero-order chi connectivity index (χ0) is 22.5. The highest BCUT2D eigenvalue weighted by Crippen LogP contribution is 2.23. The Bertz CT molecular complexity index is 936. The topological polar surface area (TPSA) is 53.1 Å². The van der Waals surface area contributed by atoms with Gasteiger partial charge in [-0.15, -0.1) is 0 Å². The van der Waals surface area contributed by atoms with E-state index in [4.69, 9.17) is 4.74 Å². The first-order valence-corrected chi connectivity index (χ1v) is 11.6. The summed E-state index contributed by atoms with van der Waals surface area (Å²) in [6, 6.07) is 15.3. The van der Waals surface area contributed by atoms with E-state index in [1.54, 1.807) is 0 Å². The van der Waals surface area contributed by atoms with Gasteiger partial charge >= 0.3 is 0 Å². The van der Waals surface area contributed by atoms with Crippen molar-refractivity contribution in [2.24, 2.45) is 5.92 Å². The molecule has 170 valence electrons. The van der Waals surface area contributed by atoms with E-state index < -0.39 is 0 Å². The standard InChI is InChI=1S/C26H33N3O3/c1-27(2)23-12-10-21(11-13-23)25(30)29-16-6-7-20(18-29)19-32-24-9-5-8-22(17-24)26(31)28-14-3-4-15-28/h5,8-13,17,20H,3-4,6-7,14-16,18-19H2,1-2H3/t20-/m0/s1. The van der Waals surface area contributed by atoms with Crippen molar-refractivity contribution in [3.05, 3.63) is 59.7 Å². The van der Waals surface area contributed by atoms with Gasteiger partial charge in [-0.3, -0.25) is 9.59 Å². The van der Waals surface area contributed by atoms with Gasteiger partial charge in [-0.25, -0.2) is 0 Å². The van der Waals surface area contributed by atoms with Crippen LogP contribution < -0.4 is 9.64 Å². The summed E-state index contributed by atoms with van der Waals surface area (Å²) >= 11 is 0. The van der Waals surface area contributed by atoms with Crippen LogP contribution in [0.25, 0.3) is 0 Å². The van der Waals surface area contributed by atoms with E-state index >= 15 is 0 Å². The fraction of sp³-hybridized carbons (Fsp3) is 0.462. The molecule has 2 aliphatic heterocycles. The van der Waals surface area contributed by atoms with Crippen molar-refractivity contribution in [2.45, 2.75) is 25.7 Å². The lowest BCUT2D eigenvalue weighted by molar-refractivity contribution is 0.0632. The van der Waals surface area contributed by atoms with Crippen molar-refractivity contribution in [1.29, 1.82) is 0 Å². The Morgan fingerprint density at radius 2 is 1.59 bits per heavy atom. The molecule has 0 N–H and O–H groups in total. The van der Waals surface area contributed by atoms with Crippen molar-refractivity contribution < 1.29 is 14.3 Å². The summed E-state index contributed by atoms with van der Waals surface area (Å²) in [6.45, 7) is 3.71. The molecule has 2 aromatic rings. The normalized spacial score (nSPS) is 18.5. The highest BCUT2D eigenvalue weighted by atomic mass is 16.5. The molecule has 0 aliphatic carbocycles. The SMILES string of the molecule is CN(C)c1ccc(C(=O)N2CCC[C@H](COc3cccc(C(=O)N4CCCC4)c3)C2)cc1. The lowest BCUT2D eigenvalue weighted by Gasteiger charge is -2.32. The summed E-state index contributed by atoms with van der Waals surface area (Å²) in [7, 11) is 3.98. The van der Waals surface area contributed by atoms with Crippen LogP contribution in [0.1, 0.15) is 46.4 Å². The van der Waals surface area contributed by atoms with Crippen LogP contribution in [-0.4, -0.2) is 68.5 Å². The smallest absolute Gasteiger partial charge is 0.253 e. The van der Waals surface area contributed by atoms with Crippen molar-refractivity contribution in [1.82, 2.24) is 9.80 Å². The molecule has 0 aromatic heterocycles. The van der Waals surface area contributed by atoms with Gasteiger partial charge in [0.2, 0.25) is 0 Å². The molecule has 0 unspecified atom stereocenters. The van der Waals surface area contributed by atoms with Crippen LogP contribution in [0.2, 0.25) is 0 Å². The number of rotatable bonds is 6. The first-order chi connectivity index (χ1) is 15.5. The quantitative estimate of drug-likeness (QED) is 0.690. The number of hydrogen-bond acceptors (Lipinski definition) is 4. The van der Waals surface area contributed by atoms with Crippen LogP contribution in [0.4, 0.5) is 5.69 Å². The molecule has 32 heavy (non-hydrogen) atoms. The van der Waals surface area contributed by atoms with E-state index in [2.05, 4.69) is 0 Å². The molecule has 6 nitrogen and oxygen atoms in total. The number of carbonyl (C=O) groups is 2. The first kappa shape index (κ1) is 22.2. The second kappa shape index (κ2) is 10.1. The summed E-state index contributed by atoms with van der Waals surface area (Å²) in [6.07, 6.45) is 4.18. The molecule has 0 spiro atoms. The second-order valence-electron chi connectivity index (χ2n) is 9.04. The number of anilines is 1. The molecule has 6 heteroatoms. The number of nitrogens with zero attached hydrogens (tertiary/aromatic N) is 3. The highest BCUT2D eigenvalue weighted by molar-refractivity contribution is 5.95. The van der Waals surface area contributed by atoms with Gasteiger partial charge in [0.15, 0.2) is 0 Å². The predicted octanol–water partition coefficient (Wildman–Crippen LogP) is 3.92. The zero-order valence-corrected chi connectivity index (χ0v) is 19.1. The Morgan fingerprint density at radius 1 is 0.906 bits per heavy atom. The third kappa shape index (κ3) is 5.23. The van der Waals surface area contributed by atoms with Crippen molar-refractivity contribution in [3.63, 3.8) is 0 Å². The lowest BCUT2D eigenvalue weighted by Crippen LogP contribution is -2.41. The molecule has 2 aromatic carbocycles. The van der Waals surface area contributed by atoms with Crippen LogP contribution in [0.15, 0.2) is 48.5 Å². The minimum Gasteiger partial charge on any atom is -0.493 e. The summed E-state index contributed by atoms with van der Waals surface area (Å²) in [5.74, 6) is 1.17. The van der Waals surface area contributed by atoms with Gasteiger partial charge < -0.3 is 19.4 Å². The van der Waals surface area contributed by atoms with E-state index in [1.165, 1.54) is 0 Å². The summed E-state index contributed by atoms with van der Waals surface area (Å²) < 4.78 is 6.06. The van der Waals surface area contributed by atoms with Crippen LogP contribution in [0, 0.1) is 5.92 Å². The molecule has 0 radical (unpaired) electrons. The van der Waals surface area contributed by atoms with Crippen LogP contribution in [0.5, 0.6) is 5.75 Å². The number of hydrogen-bond donors (Lipinski definition) is 0. The minimum atomic E-state index is 0.0817. The van der Waals surface area contributed by atoms with Crippen molar-refractivity contribution in [2.75, 3.05) is 51.8 Å². The molecule has 0 bridgehead atoms. The molecule has 1 atom stereocenters. The Labute approximate surface area is 190 Å². The fourth-order valence-electron chi connectivity index (χ4n) is 4.51. The molecule has 0 saturated carbocycles. The number of benzene rings is 2. The van der Waals surface area contributed by atoms with Crippen molar-refractivity contribution >= 4 is 17.5 Å². The molecule has 2 fully saturated rings. The van der Waals surface area contributed by atoms with E-state index in [0.29, 0.717) is 18.7 Å². The second-order valence-corrected chi connectivity index (χ2v) is 9.04. The van der Waals surface area contributed by atoms with Crippen LogP contribution in [-0.2, 0) is 0 Å². The van der Waals surface area contributed by atoms with Crippen molar-refractivity contribution in [3.8, 4) is 5.75 Å². The number of ether oxygens (including phenoxy) is 1. The van der Waals surface area contributed by atoms with Gasteiger partial charge in [-0.05, 0) is 68.1 Å². The molecule has 2 saturated heterocycles. The van der Waals surface area contributed by atoms with Gasteiger partial charge in [0.05, 0.1) is 6.61 Å². The maximum atomic E-state index is 13.0. The Kier molecular flexibility index (Phi) is 6.98.